The van der Waals surface area contributed by atoms with Gasteiger partial charge in [0.1, 0.15) is 15.9 Å². The molecule has 2 aliphatic carbocycles. The van der Waals surface area contributed by atoms with Crippen molar-refractivity contribution in [1.29, 1.82) is 0 Å². The van der Waals surface area contributed by atoms with Crippen LogP contribution in [0.5, 0.6) is 0 Å². The Bertz CT molecular complexity index is 614. The summed E-state index contributed by atoms with van der Waals surface area (Å²) < 4.78 is 0. The Morgan fingerprint density at radius 3 is 2.73 bits per heavy atom. The molecule has 118 valence electrons. The summed E-state index contributed by atoms with van der Waals surface area (Å²) in [5, 5.41) is 5.79. The van der Waals surface area contributed by atoms with E-state index in [9.17, 15) is 4.79 Å². The van der Waals surface area contributed by atoms with Crippen LogP contribution in [0.3, 0.4) is 0 Å². The van der Waals surface area contributed by atoms with Gasteiger partial charge >= 0.3 is 0 Å². The third-order valence-corrected chi connectivity index (χ3v) is 6.88. The Morgan fingerprint density at radius 2 is 2.05 bits per heavy atom. The van der Waals surface area contributed by atoms with Gasteiger partial charge in [-0.25, -0.2) is 9.97 Å². The Balaban J connectivity index is 1.55. The summed E-state index contributed by atoms with van der Waals surface area (Å²) in [4.78, 5) is 21.6. The van der Waals surface area contributed by atoms with E-state index < -0.39 is 0 Å². The van der Waals surface area contributed by atoms with Crippen LogP contribution in [0, 0.1) is 0 Å². The first kappa shape index (κ1) is 14.8. The van der Waals surface area contributed by atoms with Gasteiger partial charge < -0.3 is 5.32 Å². The molecule has 4 nitrogen and oxygen atoms in total. The lowest BCUT2D eigenvalue weighted by Gasteiger charge is -2.13. The number of amides is 1. The number of fused-ring (bicyclic) bond motifs is 1. The highest BCUT2D eigenvalue weighted by atomic mass is 32.2. The highest BCUT2D eigenvalue weighted by Gasteiger charge is 2.35. The second kappa shape index (κ2) is 5.71. The number of nitrogens with zero attached hydrogens (tertiary/aromatic N) is 2. The molecule has 2 saturated carbocycles. The molecular weight excluding hydrogens is 314 g/mol. The van der Waals surface area contributed by atoms with Gasteiger partial charge in [0.15, 0.2) is 0 Å². The van der Waals surface area contributed by atoms with Crippen LogP contribution < -0.4 is 5.32 Å². The van der Waals surface area contributed by atoms with Gasteiger partial charge in [-0.3, -0.25) is 4.79 Å². The predicted octanol–water partition coefficient (Wildman–Crippen LogP) is 3.32. The van der Waals surface area contributed by atoms with Crippen molar-refractivity contribution in [2.24, 2.45) is 0 Å². The van der Waals surface area contributed by atoms with E-state index in [0.717, 1.165) is 28.7 Å². The van der Waals surface area contributed by atoms with Crippen molar-refractivity contribution in [3.8, 4) is 0 Å². The zero-order valence-corrected chi connectivity index (χ0v) is 14.6. The lowest BCUT2D eigenvalue weighted by molar-refractivity contribution is -0.118. The van der Waals surface area contributed by atoms with Crippen molar-refractivity contribution in [3.63, 3.8) is 0 Å². The average molecular weight is 335 g/mol. The van der Waals surface area contributed by atoms with E-state index in [2.05, 4.69) is 19.2 Å². The number of nitrogens with one attached hydrogen (secondary N) is 1. The maximum atomic E-state index is 12.0. The van der Waals surface area contributed by atoms with Crippen LogP contribution in [-0.2, 0) is 4.79 Å². The molecule has 0 spiro atoms. The number of carbonyl (C=O) groups is 1. The average Bonchev–Trinajstić information content (AvgIpc) is 3.37. The molecule has 6 heteroatoms. The first-order chi connectivity index (χ1) is 10.6. The first-order valence-electron chi connectivity index (χ1n) is 8.12. The standard InChI is InChI=1S/C16H21N3OS2/c1-8-9(2)22-16-13(8)15(18-14(19-16)10-3-4-10)21-7-12(20)17-11-5-6-11/h8-11H,3-7H2,1-2H3,(H,17,20)/t8-,9+/m0/s1. The van der Waals surface area contributed by atoms with Crippen molar-refractivity contribution < 1.29 is 4.79 Å². The summed E-state index contributed by atoms with van der Waals surface area (Å²) in [5.41, 5.74) is 1.27. The summed E-state index contributed by atoms with van der Waals surface area (Å²) in [6.45, 7) is 4.50. The zero-order chi connectivity index (χ0) is 15.3. The molecule has 4 rings (SSSR count). The molecule has 1 aromatic rings. The number of aromatic nitrogens is 2. The fourth-order valence-corrected chi connectivity index (χ4v) is 4.96. The second-order valence-corrected chi connectivity index (χ2v) is 8.95. The minimum absolute atomic E-state index is 0.138. The monoisotopic (exact) mass is 335 g/mol. The van der Waals surface area contributed by atoms with Crippen molar-refractivity contribution in [2.75, 3.05) is 5.75 Å². The van der Waals surface area contributed by atoms with Crippen LogP contribution in [0.4, 0.5) is 0 Å². The van der Waals surface area contributed by atoms with E-state index in [0.29, 0.717) is 28.9 Å². The van der Waals surface area contributed by atoms with Crippen LogP contribution in [0.15, 0.2) is 10.1 Å². The molecule has 1 N–H and O–H groups in total. The smallest absolute Gasteiger partial charge is 0.230 e. The van der Waals surface area contributed by atoms with E-state index in [1.807, 2.05) is 11.8 Å². The number of hydrogen-bond acceptors (Lipinski definition) is 5. The van der Waals surface area contributed by atoms with Crippen LogP contribution in [0.2, 0.25) is 0 Å². The molecular formula is C16H21N3OS2. The SMILES string of the molecule is C[C@@H]1c2c(SCC(=O)NC3CC3)nc(C3CC3)nc2S[C@@H]1C. The first-order valence-corrected chi connectivity index (χ1v) is 9.99. The van der Waals surface area contributed by atoms with E-state index in [1.54, 1.807) is 11.8 Å². The van der Waals surface area contributed by atoms with E-state index in [1.165, 1.54) is 18.4 Å². The second-order valence-electron chi connectivity index (χ2n) is 6.62. The van der Waals surface area contributed by atoms with Gasteiger partial charge in [0.2, 0.25) is 5.91 Å². The molecule has 1 amide bonds. The van der Waals surface area contributed by atoms with Crippen LogP contribution in [0.1, 0.15) is 62.8 Å². The number of rotatable bonds is 5. The van der Waals surface area contributed by atoms with Gasteiger partial charge in [0, 0.05) is 22.8 Å². The van der Waals surface area contributed by atoms with E-state index in [-0.39, 0.29) is 5.91 Å². The van der Waals surface area contributed by atoms with Gasteiger partial charge in [-0.05, 0) is 31.6 Å². The molecule has 1 aromatic heterocycles. The van der Waals surface area contributed by atoms with Crippen molar-refractivity contribution >= 4 is 29.4 Å². The molecule has 2 fully saturated rings. The molecule has 0 saturated heterocycles. The third kappa shape index (κ3) is 3.00. The highest BCUT2D eigenvalue weighted by molar-refractivity contribution is 8.01. The minimum Gasteiger partial charge on any atom is -0.353 e. The Morgan fingerprint density at radius 1 is 1.27 bits per heavy atom. The highest BCUT2D eigenvalue weighted by Crippen LogP contribution is 2.49. The van der Waals surface area contributed by atoms with Gasteiger partial charge in [0.05, 0.1) is 5.75 Å². The van der Waals surface area contributed by atoms with Crippen molar-refractivity contribution in [2.45, 2.75) is 72.7 Å². The lowest BCUT2D eigenvalue weighted by Crippen LogP contribution is -2.27. The van der Waals surface area contributed by atoms with Gasteiger partial charge in [0.25, 0.3) is 0 Å². The molecule has 2 heterocycles. The third-order valence-electron chi connectivity index (χ3n) is 4.57. The molecule has 0 unspecified atom stereocenters. The fraction of sp³-hybridized carbons (Fsp3) is 0.688. The maximum absolute atomic E-state index is 12.0. The Labute approximate surface area is 139 Å². The zero-order valence-electron chi connectivity index (χ0n) is 13.0. The van der Waals surface area contributed by atoms with E-state index in [4.69, 9.17) is 9.97 Å². The molecule has 22 heavy (non-hydrogen) atoms. The maximum Gasteiger partial charge on any atom is 0.230 e. The van der Waals surface area contributed by atoms with Gasteiger partial charge in [-0.1, -0.05) is 25.6 Å². The molecule has 3 aliphatic rings. The van der Waals surface area contributed by atoms with Crippen LogP contribution in [-0.4, -0.2) is 32.9 Å². The molecule has 2 atom stereocenters. The van der Waals surface area contributed by atoms with Gasteiger partial charge in [-0.15, -0.1) is 11.8 Å². The molecule has 0 radical (unpaired) electrons. The molecule has 1 aliphatic heterocycles. The van der Waals surface area contributed by atoms with Crippen molar-refractivity contribution in [3.05, 3.63) is 11.4 Å². The molecule has 0 bridgehead atoms. The summed E-state index contributed by atoms with van der Waals surface area (Å²) in [5.74, 6) is 2.62. The quantitative estimate of drug-likeness (QED) is 0.661. The summed E-state index contributed by atoms with van der Waals surface area (Å²) in [6.07, 6.45) is 4.69. The summed E-state index contributed by atoms with van der Waals surface area (Å²) in [6, 6.07) is 0.431. The molecule has 0 aromatic carbocycles. The number of thioether (sulfide) groups is 2. The predicted molar refractivity (Wildman–Crippen MR) is 89.6 cm³/mol. The Hall–Kier alpha value is -0.750. The lowest BCUT2D eigenvalue weighted by atomic mass is 10.0. The Kier molecular flexibility index (Phi) is 3.85. The number of hydrogen-bond donors (Lipinski definition) is 1. The topological polar surface area (TPSA) is 54.9 Å². The van der Waals surface area contributed by atoms with Crippen LogP contribution >= 0.6 is 23.5 Å². The normalized spacial score (nSPS) is 26.8. The number of carbonyl (C=O) groups excluding carboxylic acids is 1. The van der Waals surface area contributed by atoms with Crippen molar-refractivity contribution in [1.82, 2.24) is 15.3 Å². The summed E-state index contributed by atoms with van der Waals surface area (Å²) in [7, 11) is 0. The van der Waals surface area contributed by atoms with E-state index >= 15 is 0 Å². The van der Waals surface area contributed by atoms with Crippen LogP contribution in [0.25, 0.3) is 0 Å². The minimum atomic E-state index is 0.138. The summed E-state index contributed by atoms with van der Waals surface area (Å²) >= 11 is 3.45. The van der Waals surface area contributed by atoms with Gasteiger partial charge in [-0.2, -0.15) is 0 Å². The largest absolute Gasteiger partial charge is 0.353 e. The fourth-order valence-electron chi connectivity index (χ4n) is 2.70.